The van der Waals surface area contributed by atoms with E-state index in [2.05, 4.69) is 67.7 Å². The number of carbonyl (C=O) groups is 1. The molecule has 0 spiro atoms. The Balaban J connectivity index is 3.51. The smallest absolute Gasteiger partial charge is 0.303 e. The zero-order valence-electron chi connectivity index (χ0n) is 14.9. The van der Waals surface area contributed by atoms with E-state index in [-0.39, 0.29) is 6.42 Å². The Hall–Kier alpha value is -2.09. The Morgan fingerprint density at radius 2 is 0.958 bits per heavy atom. The predicted molar refractivity (Wildman–Crippen MR) is 105 cm³/mol. The summed E-state index contributed by atoms with van der Waals surface area (Å²) in [6, 6.07) is 0. The quantitative estimate of drug-likeness (QED) is 0.367. The maximum Gasteiger partial charge on any atom is 0.303 e. The van der Waals surface area contributed by atoms with Crippen molar-refractivity contribution in [1.82, 2.24) is 0 Å². The third-order valence-electron chi connectivity index (χ3n) is 3.12. The highest BCUT2D eigenvalue weighted by atomic mass is 16.4. The van der Waals surface area contributed by atoms with E-state index in [1.54, 1.807) is 0 Å². The third-order valence-corrected chi connectivity index (χ3v) is 3.12. The fraction of sp³-hybridized carbons (Fsp3) is 0.409. The summed E-state index contributed by atoms with van der Waals surface area (Å²) in [5.74, 6) is -0.741. The molecule has 1 N–H and O–H groups in total. The van der Waals surface area contributed by atoms with E-state index in [9.17, 15) is 4.79 Å². The van der Waals surface area contributed by atoms with Gasteiger partial charge in [-0.15, -0.1) is 0 Å². The van der Waals surface area contributed by atoms with Crippen LogP contribution in [-0.2, 0) is 4.79 Å². The summed E-state index contributed by atoms with van der Waals surface area (Å²) in [5.41, 5.74) is 0. The molecule has 0 heterocycles. The first-order valence-electron chi connectivity index (χ1n) is 8.89. The molecular weight excluding hydrogens is 296 g/mol. The van der Waals surface area contributed by atoms with E-state index in [1.807, 2.05) is 12.2 Å². The fourth-order valence-electron chi connectivity index (χ4n) is 1.85. The first-order valence-corrected chi connectivity index (χ1v) is 8.89. The zero-order chi connectivity index (χ0) is 17.7. The van der Waals surface area contributed by atoms with Crippen LogP contribution in [0.2, 0.25) is 0 Å². The molecule has 2 nitrogen and oxygen atoms in total. The zero-order valence-corrected chi connectivity index (χ0v) is 14.9. The molecule has 0 aromatic heterocycles. The molecule has 132 valence electrons. The van der Waals surface area contributed by atoms with Crippen molar-refractivity contribution in [3.8, 4) is 0 Å². The van der Waals surface area contributed by atoms with Gasteiger partial charge < -0.3 is 5.11 Å². The molecule has 0 aliphatic heterocycles. The van der Waals surface area contributed by atoms with Crippen LogP contribution < -0.4 is 0 Å². The number of allylic oxidation sites excluding steroid dienone is 12. The summed E-state index contributed by atoms with van der Waals surface area (Å²) in [5, 5.41) is 8.49. The SMILES string of the molecule is CC/C=C\C/C=C\C/C=C\C/C=C/C/C=C\C/C=C\CCC(=O)O. The van der Waals surface area contributed by atoms with Gasteiger partial charge in [0.2, 0.25) is 0 Å². The maximum atomic E-state index is 10.3. The fourth-order valence-corrected chi connectivity index (χ4v) is 1.85. The number of hydrogen-bond donors (Lipinski definition) is 1. The molecule has 0 bridgehead atoms. The molecule has 0 saturated carbocycles. The van der Waals surface area contributed by atoms with Crippen LogP contribution in [-0.4, -0.2) is 11.1 Å². The van der Waals surface area contributed by atoms with Crippen molar-refractivity contribution in [1.29, 1.82) is 0 Å². The first-order chi connectivity index (χ1) is 11.8. The van der Waals surface area contributed by atoms with Crippen LogP contribution in [0.15, 0.2) is 72.9 Å². The lowest BCUT2D eigenvalue weighted by Crippen LogP contribution is -1.91. The minimum Gasteiger partial charge on any atom is -0.481 e. The molecule has 0 saturated heterocycles. The summed E-state index contributed by atoms with van der Waals surface area (Å²) in [4.78, 5) is 10.3. The van der Waals surface area contributed by atoms with Crippen LogP contribution in [0.1, 0.15) is 58.3 Å². The second kappa shape index (κ2) is 19.0. The van der Waals surface area contributed by atoms with Gasteiger partial charge in [-0.1, -0.05) is 79.8 Å². The molecule has 0 amide bonds. The Kier molecular flexibility index (Phi) is 17.3. The van der Waals surface area contributed by atoms with Gasteiger partial charge in [-0.05, 0) is 44.9 Å². The van der Waals surface area contributed by atoms with E-state index in [1.165, 1.54) is 0 Å². The van der Waals surface area contributed by atoms with Crippen molar-refractivity contribution < 1.29 is 9.90 Å². The maximum absolute atomic E-state index is 10.3. The van der Waals surface area contributed by atoms with Gasteiger partial charge >= 0.3 is 5.97 Å². The topological polar surface area (TPSA) is 37.3 Å². The van der Waals surface area contributed by atoms with Crippen LogP contribution >= 0.6 is 0 Å². The molecule has 0 aromatic rings. The summed E-state index contributed by atoms with van der Waals surface area (Å²) in [6.45, 7) is 2.15. The Morgan fingerprint density at radius 1 is 0.625 bits per heavy atom. The lowest BCUT2D eigenvalue weighted by atomic mass is 10.2. The highest BCUT2D eigenvalue weighted by Gasteiger charge is 1.90. The molecule has 0 rings (SSSR count). The summed E-state index contributed by atoms with van der Waals surface area (Å²) in [6.07, 6.45) is 32.5. The average molecular weight is 328 g/mol. The van der Waals surface area contributed by atoms with E-state index < -0.39 is 5.97 Å². The van der Waals surface area contributed by atoms with Crippen molar-refractivity contribution in [3.05, 3.63) is 72.9 Å². The lowest BCUT2D eigenvalue weighted by Gasteiger charge is -1.87. The van der Waals surface area contributed by atoms with Crippen LogP contribution in [0.4, 0.5) is 0 Å². The van der Waals surface area contributed by atoms with Gasteiger partial charge in [0, 0.05) is 6.42 Å². The van der Waals surface area contributed by atoms with Gasteiger partial charge in [0.1, 0.15) is 0 Å². The molecule has 0 fully saturated rings. The van der Waals surface area contributed by atoms with Gasteiger partial charge in [0.05, 0.1) is 0 Å². The Bertz CT molecular complexity index is 462. The van der Waals surface area contributed by atoms with Crippen molar-refractivity contribution in [3.63, 3.8) is 0 Å². The van der Waals surface area contributed by atoms with Gasteiger partial charge in [0.15, 0.2) is 0 Å². The van der Waals surface area contributed by atoms with Gasteiger partial charge in [0.25, 0.3) is 0 Å². The predicted octanol–water partition coefficient (Wildman–Crippen LogP) is 6.55. The standard InChI is InChI=1S/C22H32O2/c1-2-3-4-5-6-7-8-9-10-11-12-13-14-15-16-17-18-19-20-21-22(23)24/h3-4,6-7,9-10,12-13,15-16,18-19H,2,5,8,11,14,17,20-21H2,1H3,(H,23,24)/b4-3-,7-6-,10-9-,13-12+,16-15-,19-18-. The van der Waals surface area contributed by atoms with Crippen molar-refractivity contribution in [2.24, 2.45) is 0 Å². The number of hydrogen-bond acceptors (Lipinski definition) is 1. The van der Waals surface area contributed by atoms with E-state index in [4.69, 9.17) is 5.11 Å². The monoisotopic (exact) mass is 328 g/mol. The van der Waals surface area contributed by atoms with E-state index in [0.29, 0.717) is 6.42 Å². The molecule has 2 heteroatoms. The summed E-state index contributed by atoms with van der Waals surface area (Å²) < 4.78 is 0. The number of aliphatic carboxylic acids is 1. The summed E-state index contributed by atoms with van der Waals surface area (Å²) >= 11 is 0. The minimum atomic E-state index is -0.741. The molecule has 0 unspecified atom stereocenters. The average Bonchev–Trinajstić information content (AvgIpc) is 2.56. The van der Waals surface area contributed by atoms with Gasteiger partial charge in [-0.25, -0.2) is 0 Å². The Labute approximate surface area is 147 Å². The molecule has 0 atom stereocenters. The van der Waals surface area contributed by atoms with Crippen molar-refractivity contribution in [2.75, 3.05) is 0 Å². The molecule has 0 aromatic carbocycles. The minimum absolute atomic E-state index is 0.210. The Morgan fingerprint density at radius 3 is 1.29 bits per heavy atom. The molecular formula is C22H32O2. The normalized spacial score (nSPS) is 13.0. The molecule has 0 aliphatic rings. The number of rotatable bonds is 14. The second-order valence-corrected chi connectivity index (χ2v) is 5.35. The van der Waals surface area contributed by atoms with Crippen molar-refractivity contribution in [2.45, 2.75) is 58.3 Å². The summed E-state index contributed by atoms with van der Waals surface area (Å²) in [7, 11) is 0. The molecule has 0 radical (unpaired) electrons. The molecule has 24 heavy (non-hydrogen) atoms. The largest absolute Gasteiger partial charge is 0.481 e. The molecule has 0 aliphatic carbocycles. The highest BCUT2D eigenvalue weighted by molar-refractivity contribution is 5.66. The van der Waals surface area contributed by atoms with Gasteiger partial charge in [-0.3, -0.25) is 4.79 Å². The number of carboxylic acid groups (broad SMARTS) is 1. The van der Waals surface area contributed by atoms with Crippen molar-refractivity contribution >= 4 is 5.97 Å². The van der Waals surface area contributed by atoms with Crippen LogP contribution in [0, 0.1) is 0 Å². The van der Waals surface area contributed by atoms with Crippen LogP contribution in [0.25, 0.3) is 0 Å². The second-order valence-electron chi connectivity index (χ2n) is 5.35. The van der Waals surface area contributed by atoms with Crippen LogP contribution in [0.3, 0.4) is 0 Å². The third kappa shape index (κ3) is 19.9. The lowest BCUT2D eigenvalue weighted by molar-refractivity contribution is -0.136. The van der Waals surface area contributed by atoms with E-state index >= 15 is 0 Å². The van der Waals surface area contributed by atoms with Crippen LogP contribution in [0.5, 0.6) is 0 Å². The van der Waals surface area contributed by atoms with E-state index in [0.717, 1.165) is 38.5 Å². The highest BCUT2D eigenvalue weighted by Crippen LogP contribution is 1.97. The number of carboxylic acids is 1. The first kappa shape index (κ1) is 21.9. The van der Waals surface area contributed by atoms with Gasteiger partial charge in [-0.2, -0.15) is 0 Å².